The quantitative estimate of drug-likeness (QED) is 0.200. The molecule has 0 aliphatic rings. The van der Waals surface area contributed by atoms with Gasteiger partial charge in [0.15, 0.2) is 0 Å². The molecule has 2 amide bonds. The van der Waals surface area contributed by atoms with Gasteiger partial charge >= 0.3 is 0 Å². The van der Waals surface area contributed by atoms with E-state index in [0.717, 1.165) is 16.7 Å². The molecule has 0 saturated heterocycles. The first kappa shape index (κ1) is 28.7. The normalized spacial score (nSPS) is 14.0. The molecule has 6 heteroatoms. The van der Waals surface area contributed by atoms with Crippen molar-refractivity contribution in [1.82, 2.24) is 16.0 Å². The molecule has 4 aromatic carbocycles. The highest BCUT2D eigenvalue weighted by Crippen LogP contribution is 2.15. The highest BCUT2D eigenvalue weighted by atomic mass is 16.3. The fraction of sp³-hybridized carbons (Fsp3) is 0.235. The minimum absolute atomic E-state index is 0.0393. The average Bonchev–Trinajstić information content (AvgIpc) is 3.00. The molecule has 4 N–H and O–H groups in total. The first-order valence-corrected chi connectivity index (χ1v) is 13.7. The van der Waals surface area contributed by atoms with E-state index in [4.69, 9.17) is 0 Å². The second-order valence-corrected chi connectivity index (χ2v) is 10.1. The number of hydrogen-bond donors (Lipinski definition) is 4. The van der Waals surface area contributed by atoms with Crippen molar-refractivity contribution in [2.24, 2.45) is 0 Å². The molecule has 4 aromatic rings. The fourth-order valence-electron chi connectivity index (χ4n) is 4.61. The Morgan fingerprint density at radius 1 is 0.650 bits per heavy atom. The van der Waals surface area contributed by atoms with E-state index < -0.39 is 12.1 Å². The van der Waals surface area contributed by atoms with Crippen LogP contribution in [0.2, 0.25) is 0 Å². The molecule has 0 aliphatic carbocycles. The summed E-state index contributed by atoms with van der Waals surface area (Å²) < 4.78 is 0. The topological polar surface area (TPSA) is 90.5 Å². The van der Waals surface area contributed by atoms with Crippen molar-refractivity contribution in [2.75, 3.05) is 6.54 Å². The van der Waals surface area contributed by atoms with Crippen LogP contribution in [-0.4, -0.2) is 35.6 Å². The molecule has 0 radical (unpaired) electrons. The van der Waals surface area contributed by atoms with Crippen molar-refractivity contribution in [3.63, 3.8) is 0 Å². The zero-order valence-electron chi connectivity index (χ0n) is 23.0. The molecule has 6 nitrogen and oxygen atoms in total. The molecule has 0 bridgehead atoms. The molecule has 0 heterocycles. The van der Waals surface area contributed by atoms with E-state index >= 15 is 0 Å². The highest BCUT2D eigenvalue weighted by molar-refractivity contribution is 5.99. The van der Waals surface area contributed by atoms with E-state index in [0.29, 0.717) is 24.1 Å². The Bertz CT molecular complexity index is 1360. The summed E-state index contributed by atoms with van der Waals surface area (Å²) in [5.74, 6) is -0.604. The molecular weight excluding hydrogens is 498 g/mol. The largest absolute Gasteiger partial charge is 0.390 e. The van der Waals surface area contributed by atoms with E-state index in [2.05, 4.69) is 16.0 Å². The summed E-state index contributed by atoms with van der Waals surface area (Å²) in [6.07, 6.45) is -0.377. The molecule has 0 aromatic heterocycles. The van der Waals surface area contributed by atoms with Gasteiger partial charge in [-0.15, -0.1) is 0 Å². The molecule has 40 heavy (non-hydrogen) atoms. The number of aliphatic hydroxyl groups excluding tert-OH is 1. The van der Waals surface area contributed by atoms with E-state index in [9.17, 15) is 14.7 Å². The van der Waals surface area contributed by atoms with Gasteiger partial charge < -0.3 is 21.1 Å². The minimum Gasteiger partial charge on any atom is -0.390 e. The van der Waals surface area contributed by atoms with Crippen molar-refractivity contribution in [3.05, 3.63) is 143 Å². The number of hydrogen-bond acceptors (Lipinski definition) is 4. The molecule has 0 spiro atoms. The molecule has 0 saturated carbocycles. The number of carbonyl (C=O) groups excluding carboxylic acids is 2. The van der Waals surface area contributed by atoms with Gasteiger partial charge in [0.1, 0.15) is 0 Å². The van der Waals surface area contributed by atoms with Crippen LogP contribution in [0.25, 0.3) is 0 Å². The summed E-state index contributed by atoms with van der Waals surface area (Å²) in [7, 11) is 0. The second-order valence-electron chi connectivity index (χ2n) is 10.1. The predicted molar refractivity (Wildman–Crippen MR) is 159 cm³/mol. The van der Waals surface area contributed by atoms with Crippen molar-refractivity contribution >= 4 is 11.8 Å². The Morgan fingerprint density at radius 2 is 1.15 bits per heavy atom. The lowest BCUT2D eigenvalue weighted by Gasteiger charge is -2.26. The number of aliphatic hydroxyl groups is 1. The molecule has 4 atom stereocenters. The van der Waals surface area contributed by atoms with Gasteiger partial charge in [0.2, 0.25) is 0 Å². The van der Waals surface area contributed by atoms with E-state index in [1.165, 1.54) is 0 Å². The smallest absolute Gasteiger partial charge is 0.251 e. The summed E-state index contributed by atoms with van der Waals surface area (Å²) in [6, 6.07) is 35.5. The van der Waals surface area contributed by atoms with Crippen LogP contribution in [0.1, 0.15) is 63.3 Å². The summed E-state index contributed by atoms with van der Waals surface area (Å²) in [4.78, 5) is 26.3. The van der Waals surface area contributed by atoms with Crippen molar-refractivity contribution in [3.8, 4) is 0 Å². The average molecular weight is 536 g/mol. The third-order valence-corrected chi connectivity index (χ3v) is 7.05. The maximum Gasteiger partial charge on any atom is 0.251 e. The third-order valence-electron chi connectivity index (χ3n) is 7.05. The zero-order chi connectivity index (χ0) is 28.3. The molecule has 0 unspecified atom stereocenters. The summed E-state index contributed by atoms with van der Waals surface area (Å²) in [5, 5.41) is 20.6. The SMILES string of the molecule is C[C@H](NC[C@@H](O)[C@H](Cc1ccccc1)NC(=O)c1cccc(C(=O)N[C@@H](C)c2ccccc2)c1)c1ccccc1. The number of nitrogens with one attached hydrogen (secondary N) is 3. The lowest BCUT2D eigenvalue weighted by Crippen LogP contribution is -2.49. The third kappa shape index (κ3) is 8.12. The van der Waals surface area contributed by atoms with Crippen LogP contribution in [-0.2, 0) is 6.42 Å². The zero-order valence-corrected chi connectivity index (χ0v) is 23.0. The van der Waals surface area contributed by atoms with Gasteiger partial charge in [-0.05, 0) is 55.2 Å². The van der Waals surface area contributed by atoms with Gasteiger partial charge in [0, 0.05) is 23.7 Å². The Balaban J connectivity index is 1.44. The lowest BCUT2D eigenvalue weighted by atomic mass is 9.99. The number of rotatable bonds is 12. The Kier molecular flexibility index (Phi) is 10.2. The van der Waals surface area contributed by atoms with Crippen LogP contribution < -0.4 is 16.0 Å². The molecular formula is C34H37N3O3. The summed E-state index contributed by atoms with van der Waals surface area (Å²) in [6.45, 7) is 4.27. The van der Waals surface area contributed by atoms with Crippen LogP contribution in [0, 0.1) is 0 Å². The van der Waals surface area contributed by atoms with Crippen molar-refractivity contribution < 1.29 is 14.7 Å². The Morgan fingerprint density at radius 3 is 1.73 bits per heavy atom. The number of benzene rings is 4. The van der Waals surface area contributed by atoms with Gasteiger partial charge in [0.25, 0.3) is 11.8 Å². The van der Waals surface area contributed by atoms with Crippen molar-refractivity contribution in [1.29, 1.82) is 0 Å². The van der Waals surface area contributed by atoms with Crippen LogP contribution in [0.15, 0.2) is 115 Å². The number of amides is 2. The first-order valence-electron chi connectivity index (χ1n) is 13.7. The molecule has 0 aliphatic heterocycles. The van der Waals surface area contributed by atoms with Gasteiger partial charge in [-0.1, -0.05) is 97.1 Å². The van der Waals surface area contributed by atoms with Crippen LogP contribution in [0.4, 0.5) is 0 Å². The minimum atomic E-state index is -0.839. The maximum atomic E-state index is 13.4. The van der Waals surface area contributed by atoms with Gasteiger partial charge in [-0.25, -0.2) is 0 Å². The monoisotopic (exact) mass is 535 g/mol. The van der Waals surface area contributed by atoms with Gasteiger partial charge in [-0.3, -0.25) is 9.59 Å². The van der Waals surface area contributed by atoms with Crippen molar-refractivity contribution in [2.45, 2.75) is 44.5 Å². The van der Waals surface area contributed by atoms with E-state index in [-0.39, 0.29) is 23.9 Å². The molecule has 4 rings (SSSR count). The van der Waals surface area contributed by atoms with Crippen LogP contribution in [0.5, 0.6) is 0 Å². The van der Waals surface area contributed by atoms with Gasteiger partial charge in [0.05, 0.1) is 18.2 Å². The predicted octanol–water partition coefficient (Wildman–Crippen LogP) is 5.23. The standard InChI is InChI=1S/C34H37N3O3/c1-24(27-15-8-4-9-16-27)35-23-32(38)31(21-26-13-6-3-7-14-26)37-34(40)30-20-12-19-29(22-30)33(39)36-25(2)28-17-10-5-11-18-28/h3-20,22,24-25,31-32,35,38H,21,23H2,1-2H3,(H,36,39)(H,37,40)/t24-,25-,31-,32+/m0/s1. The van der Waals surface area contributed by atoms with E-state index in [1.807, 2.05) is 105 Å². The maximum absolute atomic E-state index is 13.4. The lowest BCUT2D eigenvalue weighted by molar-refractivity contribution is 0.0825. The summed E-state index contributed by atoms with van der Waals surface area (Å²) >= 11 is 0. The summed E-state index contributed by atoms with van der Waals surface area (Å²) in [5.41, 5.74) is 3.88. The number of carbonyl (C=O) groups is 2. The second kappa shape index (κ2) is 14.2. The highest BCUT2D eigenvalue weighted by Gasteiger charge is 2.24. The first-order chi connectivity index (χ1) is 19.4. The Hall–Kier alpha value is -4.26. The Labute approximate surface area is 236 Å². The van der Waals surface area contributed by atoms with Crippen LogP contribution in [0.3, 0.4) is 0 Å². The molecule has 206 valence electrons. The fourth-order valence-corrected chi connectivity index (χ4v) is 4.61. The van der Waals surface area contributed by atoms with E-state index in [1.54, 1.807) is 24.3 Å². The van der Waals surface area contributed by atoms with Crippen LogP contribution >= 0.6 is 0 Å². The molecule has 0 fully saturated rings. The van der Waals surface area contributed by atoms with Gasteiger partial charge in [-0.2, -0.15) is 0 Å².